The van der Waals surface area contributed by atoms with Gasteiger partial charge in [0.05, 0.1) is 23.3 Å². The predicted molar refractivity (Wildman–Crippen MR) is 55.7 cm³/mol. The van der Waals surface area contributed by atoms with E-state index in [1.165, 1.54) is 17.8 Å². The molecule has 1 aliphatic rings. The van der Waals surface area contributed by atoms with Gasteiger partial charge in [0.25, 0.3) is 0 Å². The van der Waals surface area contributed by atoms with Gasteiger partial charge in [-0.3, -0.25) is 0 Å². The largest absolute Gasteiger partial charge is 0.549 e. The van der Waals surface area contributed by atoms with E-state index < -0.39 is 11.2 Å². The molecular formula is C10H11NO4S. The molecule has 2 rings (SSSR count). The summed E-state index contributed by atoms with van der Waals surface area (Å²) in [6, 6.07) is 4.67. The third kappa shape index (κ3) is 1.94. The summed E-state index contributed by atoms with van der Waals surface area (Å²) in [5, 5.41) is 30.7. The Labute approximate surface area is 96.1 Å². The lowest BCUT2D eigenvalue weighted by molar-refractivity contribution is -0.665. The van der Waals surface area contributed by atoms with Crippen LogP contribution >= 0.6 is 11.8 Å². The van der Waals surface area contributed by atoms with Gasteiger partial charge in [0.15, 0.2) is 16.9 Å². The number of phenolic OH excluding ortho intramolecular Hbond substituents is 2. The molecule has 0 amide bonds. The van der Waals surface area contributed by atoms with E-state index in [4.69, 9.17) is 0 Å². The molecule has 0 bridgehead atoms. The van der Waals surface area contributed by atoms with Gasteiger partial charge in [-0.2, -0.15) is 0 Å². The fourth-order valence-electron chi connectivity index (χ4n) is 1.67. The van der Waals surface area contributed by atoms with Crippen molar-refractivity contribution in [3.05, 3.63) is 23.8 Å². The van der Waals surface area contributed by atoms with Crippen LogP contribution < -0.4 is 10.4 Å². The summed E-state index contributed by atoms with van der Waals surface area (Å²) in [7, 11) is 0. The number of para-hydroxylation sites is 1. The van der Waals surface area contributed by atoms with Crippen molar-refractivity contribution in [1.29, 1.82) is 0 Å². The monoisotopic (exact) mass is 241 g/mol. The minimum Gasteiger partial charge on any atom is -0.549 e. The van der Waals surface area contributed by atoms with E-state index in [2.05, 4.69) is 0 Å². The molecule has 6 heteroatoms. The lowest BCUT2D eigenvalue weighted by atomic mass is 10.2. The Hall–Kier alpha value is -1.40. The number of carboxylic acids is 1. The molecule has 1 aliphatic heterocycles. The van der Waals surface area contributed by atoms with Gasteiger partial charge in [-0.15, -0.1) is 0 Å². The van der Waals surface area contributed by atoms with Gasteiger partial charge >= 0.3 is 0 Å². The molecular weight excluding hydrogens is 230 g/mol. The zero-order chi connectivity index (χ0) is 11.7. The molecule has 0 aliphatic carbocycles. The Morgan fingerprint density at radius 3 is 2.88 bits per heavy atom. The highest BCUT2D eigenvalue weighted by Gasteiger charge is 2.33. The average molecular weight is 241 g/mol. The van der Waals surface area contributed by atoms with Crippen LogP contribution in [-0.2, 0) is 4.79 Å². The fourth-order valence-corrected chi connectivity index (χ4v) is 2.91. The highest BCUT2D eigenvalue weighted by molar-refractivity contribution is 8.00. The zero-order valence-corrected chi connectivity index (χ0v) is 9.11. The Bertz CT molecular complexity index is 423. The van der Waals surface area contributed by atoms with Crippen molar-refractivity contribution in [3.63, 3.8) is 0 Å². The van der Waals surface area contributed by atoms with Crippen LogP contribution in [-0.4, -0.2) is 28.0 Å². The Balaban J connectivity index is 2.21. The Morgan fingerprint density at radius 1 is 1.50 bits per heavy atom. The van der Waals surface area contributed by atoms with E-state index in [1.807, 2.05) is 0 Å². The number of benzene rings is 1. The van der Waals surface area contributed by atoms with Crippen molar-refractivity contribution in [1.82, 2.24) is 0 Å². The first kappa shape index (κ1) is 11.1. The summed E-state index contributed by atoms with van der Waals surface area (Å²) >= 11 is 1.21. The van der Waals surface area contributed by atoms with Crippen molar-refractivity contribution in [2.24, 2.45) is 0 Å². The normalized spacial score (nSPS) is 24.5. The molecule has 2 atom stereocenters. The van der Waals surface area contributed by atoms with Crippen LogP contribution in [0.25, 0.3) is 0 Å². The molecule has 1 aromatic carbocycles. The SMILES string of the molecule is O=C([O-])[C@@H]1C[NH2+][C@@H](c2cccc(O)c2O)S1. The summed E-state index contributed by atoms with van der Waals surface area (Å²) in [6.07, 6.45) is 0. The number of phenols is 2. The van der Waals surface area contributed by atoms with Crippen LogP contribution in [0.4, 0.5) is 0 Å². The summed E-state index contributed by atoms with van der Waals surface area (Å²) in [5.74, 6) is -1.47. The van der Waals surface area contributed by atoms with Gasteiger partial charge in [-0.25, -0.2) is 0 Å². The number of quaternary nitrogens is 1. The highest BCUT2D eigenvalue weighted by atomic mass is 32.2. The number of aliphatic carboxylic acids is 1. The average Bonchev–Trinajstić information content (AvgIpc) is 2.71. The van der Waals surface area contributed by atoms with Crippen LogP contribution in [0.3, 0.4) is 0 Å². The zero-order valence-electron chi connectivity index (χ0n) is 8.29. The minimum absolute atomic E-state index is 0.185. The molecule has 0 unspecified atom stereocenters. The molecule has 16 heavy (non-hydrogen) atoms. The molecule has 1 heterocycles. The molecule has 86 valence electrons. The standard InChI is InChI=1S/C10H11NO4S/c12-6-3-1-2-5(8(6)13)9-11-4-7(16-9)10(14)15/h1-3,7,9,11-13H,4H2,(H,14,15)/t7-,9+/m0/s1. The topological polar surface area (TPSA) is 97.2 Å². The quantitative estimate of drug-likeness (QED) is 0.549. The highest BCUT2D eigenvalue weighted by Crippen LogP contribution is 2.38. The van der Waals surface area contributed by atoms with E-state index in [-0.39, 0.29) is 16.9 Å². The minimum atomic E-state index is -1.09. The number of thioether (sulfide) groups is 1. The van der Waals surface area contributed by atoms with Crippen molar-refractivity contribution >= 4 is 17.7 Å². The van der Waals surface area contributed by atoms with Gasteiger partial charge in [0, 0.05) is 0 Å². The molecule has 5 nitrogen and oxygen atoms in total. The molecule has 4 N–H and O–H groups in total. The van der Waals surface area contributed by atoms with Crippen LogP contribution in [0.2, 0.25) is 0 Å². The number of aromatic hydroxyl groups is 2. The van der Waals surface area contributed by atoms with Crippen molar-refractivity contribution in [3.8, 4) is 11.5 Å². The maximum absolute atomic E-state index is 10.7. The summed E-state index contributed by atoms with van der Waals surface area (Å²) in [6.45, 7) is 0.409. The number of hydrogen-bond donors (Lipinski definition) is 3. The maximum Gasteiger partial charge on any atom is 0.167 e. The first-order chi connectivity index (χ1) is 7.59. The van der Waals surface area contributed by atoms with Crippen LogP contribution in [0.1, 0.15) is 10.9 Å². The first-order valence-corrected chi connectivity index (χ1v) is 5.74. The van der Waals surface area contributed by atoms with Crippen molar-refractivity contribution < 1.29 is 25.4 Å². The number of carboxylic acid groups (broad SMARTS) is 1. The van der Waals surface area contributed by atoms with E-state index in [1.54, 1.807) is 17.4 Å². The molecule has 1 saturated heterocycles. The second kappa shape index (κ2) is 4.23. The smallest absolute Gasteiger partial charge is 0.167 e. The molecule has 1 aromatic rings. The number of nitrogens with two attached hydrogens (primary N) is 1. The Kier molecular flexibility index (Phi) is 2.93. The number of carbonyl (C=O) groups is 1. The number of carbonyl (C=O) groups excluding carboxylic acids is 1. The fraction of sp³-hybridized carbons (Fsp3) is 0.300. The molecule has 0 spiro atoms. The summed E-state index contributed by atoms with van der Waals surface area (Å²) in [5.41, 5.74) is 0.536. The molecule has 0 aromatic heterocycles. The van der Waals surface area contributed by atoms with E-state index >= 15 is 0 Å². The van der Waals surface area contributed by atoms with Gasteiger partial charge in [-0.05, 0) is 12.1 Å². The van der Waals surface area contributed by atoms with E-state index in [0.29, 0.717) is 12.1 Å². The predicted octanol–water partition coefficient (Wildman–Crippen LogP) is -1.47. The van der Waals surface area contributed by atoms with Crippen LogP contribution in [0.15, 0.2) is 18.2 Å². The van der Waals surface area contributed by atoms with Gasteiger partial charge in [0.1, 0.15) is 0 Å². The van der Waals surface area contributed by atoms with Gasteiger partial charge in [-0.1, -0.05) is 17.8 Å². The van der Waals surface area contributed by atoms with Gasteiger partial charge < -0.3 is 25.4 Å². The van der Waals surface area contributed by atoms with Crippen LogP contribution in [0.5, 0.6) is 11.5 Å². The maximum atomic E-state index is 10.7. The van der Waals surface area contributed by atoms with E-state index in [0.717, 1.165) is 0 Å². The Morgan fingerprint density at radius 2 is 2.25 bits per heavy atom. The molecule has 1 fully saturated rings. The first-order valence-electron chi connectivity index (χ1n) is 4.80. The van der Waals surface area contributed by atoms with Crippen LogP contribution in [0, 0.1) is 0 Å². The second-order valence-corrected chi connectivity index (χ2v) is 4.90. The van der Waals surface area contributed by atoms with E-state index in [9.17, 15) is 20.1 Å². The lowest BCUT2D eigenvalue weighted by Crippen LogP contribution is -2.82. The summed E-state index contributed by atoms with van der Waals surface area (Å²) < 4.78 is 0. The summed E-state index contributed by atoms with van der Waals surface area (Å²) in [4.78, 5) is 10.7. The van der Waals surface area contributed by atoms with Gasteiger partial charge in [0.2, 0.25) is 0 Å². The molecule has 0 saturated carbocycles. The lowest BCUT2D eigenvalue weighted by Gasteiger charge is -2.10. The molecule has 0 radical (unpaired) electrons. The van der Waals surface area contributed by atoms with Crippen molar-refractivity contribution in [2.45, 2.75) is 10.6 Å². The number of rotatable bonds is 2. The third-order valence-electron chi connectivity index (χ3n) is 2.49. The third-order valence-corrected chi connectivity index (χ3v) is 3.94. The van der Waals surface area contributed by atoms with Crippen molar-refractivity contribution in [2.75, 3.05) is 6.54 Å². The second-order valence-electron chi connectivity index (χ2n) is 3.55. The number of hydrogen-bond acceptors (Lipinski definition) is 5.